The van der Waals surface area contributed by atoms with Gasteiger partial charge in [0, 0.05) is 39.6 Å². The van der Waals surface area contributed by atoms with Gasteiger partial charge in [0.1, 0.15) is 0 Å². The normalized spacial score (nSPS) is 11.2. The van der Waals surface area contributed by atoms with Gasteiger partial charge < -0.3 is 19.5 Å². The van der Waals surface area contributed by atoms with Crippen LogP contribution in [0.1, 0.15) is 12.6 Å². The maximum atomic E-state index is 5.99. The van der Waals surface area contributed by atoms with Gasteiger partial charge in [-0.05, 0) is 13.0 Å². The van der Waals surface area contributed by atoms with E-state index in [4.69, 9.17) is 16.3 Å². The molecule has 116 valence electrons. The van der Waals surface area contributed by atoms with Crippen LogP contribution < -0.4 is 5.32 Å². The lowest BCUT2D eigenvalue weighted by molar-refractivity contribution is 0.207. The molecule has 0 aliphatic carbocycles. The number of aromatic nitrogens is 1. The lowest BCUT2D eigenvalue weighted by Gasteiger charge is -2.22. The molecule has 7 heteroatoms. The zero-order valence-corrected chi connectivity index (χ0v) is 15.6. The molecule has 0 unspecified atom stereocenters. The minimum absolute atomic E-state index is 0. The molecule has 1 rings (SSSR count). The van der Waals surface area contributed by atoms with Gasteiger partial charge in [0.2, 0.25) is 0 Å². The summed E-state index contributed by atoms with van der Waals surface area (Å²) in [6, 6.07) is 1.97. The molecule has 0 amide bonds. The summed E-state index contributed by atoms with van der Waals surface area (Å²) in [5.74, 6) is 0.872. The highest BCUT2D eigenvalue weighted by atomic mass is 127. The van der Waals surface area contributed by atoms with E-state index in [1.165, 1.54) is 0 Å². The van der Waals surface area contributed by atoms with Crippen LogP contribution in [-0.4, -0.2) is 49.3 Å². The summed E-state index contributed by atoms with van der Waals surface area (Å²) in [6.07, 6.45) is 1.90. The monoisotopic (exact) mass is 414 g/mol. The molecule has 5 nitrogen and oxygen atoms in total. The van der Waals surface area contributed by atoms with Gasteiger partial charge >= 0.3 is 0 Å². The lowest BCUT2D eigenvalue weighted by Crippen LogP contribution is -2.39. The summed E-state index contributed by atoms with van der Waals surface area (Å²) in [7, 11) is 5.68. The van der Waals surface area contributed by atoms with E-state index in [1.807, 2.05) is 30.9 Å². The Morgan fingerprint density at radius 3 is 2.75 bits per heavy atom. The fourth-order valence-electron chi connectivity index (χ4n) is 1.75. The number of nitrogens with one attached hydrogen (secondary N) is 1. The molecule has 1 heterocycles. The average Bonchev–Trinajstić information content (AvgIpc) is 2.67. The Hall–Kier alpha value is -0.470. The van der Waals surface area contributed by atoms with Crippen LogP contribution in [0.4, 0.5) is 0 Å². The maximum Gasteiger partial charge on any atom is 0.194 e. The number of halogens is 2. The van der Waals surface area contributed by atoms with Crippen molar-refractivity contribution in [3.8, 4) is 0 Å². The Morgan fingerprint density at radius 1 is 1.55 bits per heavy atom. The minimum atomic E-state index is 0. The molecule has 20 heavy (non-hydrogen) atoms. The molecule has 0 aromatic carbocycles. The number of nitrogens with zero attached hydrogens (tertiary/aromatic N) is 3. The second-order valence-corrected chi connectivity index (χ2v) is 4.78. The molecule has 1 N–H and O–H groups in total. The Balaban J connectivity index is 0.00000361. The van der Waals surface area contributed by atoms with Crippen molar-refractivity contribution >= 4 is 41.5 Å². The minimum Gasteiger partial charge on any atom is -0.383 e. The quantitative estimate of drug-likeness (QED) is 0.336. The van der Waals surface area contributed by atoms with Crippen LogP contribution in [0.15, 0.2) is 17.3 Å². The van der Waals surface area contributed by atoms with Crippen LogP contribution in [0.5, 0.6) is 0 Å². The van der Waals surface area contributed by atoms with Crippen LogP contribution in [0.3, 0.4) is 0 Å². The van der Waals surface area contributed by atoms with Crippen molar-refractivity contribution in [2.45, 2.75) is 13.5 Å². The highest BCUT2D eigenvalue weighted by Gasteiger charge is 2.09. The van der Waals surface area contributed by atoms with Crippen LogP contribution >= 0.6 is 35.6 Å². The number of ether oxygens (including phenoxy) is 1. The highest BCUT2D eigenvalue weighted by molar-refractivity contribution is 14.0. The number of aryl methyl sites for hydroxylation is 1. The van der Waals surface area contributed by atoms with Crippen LogP contribution in [-0.2, 0) is 18.3 Å². The van der Waals surface area contributed by atoms with Gasteiger partial charge in [-0.3, -0.25) is 4.99 Å². The van der Waals surface area contributed by atoms with Gasteiger partial charge in [-0.25, -0.2) is 0 Å². The second kappa shape index (κ2) is 10.3. The molecule has 1 aromatic rings. The Labute approximate surface area is 143 Å². The van der Waals surface area contributed by atoms with E-state index >= 15 is 0 Å². The van der Waals surface area contributed by atoms with E-state index in [0.29, 0.717) is 13.2 Å². The topological polar surface area (TPSA) is 41.8 Å². The van der Waals surface area contributed by atoms with Crippen LogP contribution in [0, 0.1) is 0 Å². The number of hydrogen-bond donors (Lipinski definition) is 1. The van der Waals surface area contributed by atoms with E-state index < -0.39 is 0 Å². The zero-order chi connectivity index (χ0) is 14.3. The first-order chi connectivity index (χ1) is 9.08. The first-order valence-corrected chi connectivity index (χ1v) is 6.75. The molecule has 0 atom stereocenters. The van der Waals surface area contributed by atoms with Crippen molar-refractivity contribution in [2.75, 3.05) is 33.9 Å². The Kier molecular flexibility index (Phi) is 10.0. The van der Waals surface area contributed by atoms with E-state index in [2.05, 4.69) is 22.1 Å². The molecule has 0 fully saturated rings. The van der Waals surface area contributed by atoms with Crippen molar-refractivity contribution in [3.05, 3.63) is 23.0 Å². The van der Waals surface area contributed by atoms with E-state index in [9.17, 15) is 0 Å². The molecule has 0 saturated heterocycles. The smallest absolute Gasteiger partial charge is 0.194 e. The van der Waals surface area contributed by atoms with Crippen molar-refractivity contribution < 1.29 is 4.74 Å². The van der Waals surface area contributed by atoms with Crippen molar-refractivity contribution in [1.29, 1.82) is 0 Å². The molecule has 0 aliphatic heterocycles. The summed E-state index contributed by atoms with van der Waals surface area (Å²) in [6.45, 7) is 4.92. The summed E-state index contributed by atoms with van der Waals surface area (Å²) in [5.41, 5.74) is 1.14. The predicted octanol–water partition coefficient (Wildman–Crippen LogP) is 2.34. The number of methoxy groups -OCH3 is 1. The highest BCUT2D eigenvalue weighted by Crippen LogP contribution is 2.14. The first kappa shape index (κ1) is 19.5. The fourth-order valence-corrected chi connectivity index (χ4v) is 2.03. The predicted molar refractivity (Wildman–Crippen MR) is 95.2 cm³/mol. The van der Waals surface area contributed by atoms with Crippen molar-refractivity contribution in [1.82, 2.24) is 14.8 Å². The number of rotatable bonds is 6. The molecule has 0 saturated carbocycles. The van der Waals surface area contributed by atoms with E-state index in [1.54, 1.807) is 7.11 Å². The van der Waals surface area contributed by atoms with Gasteiger partial charge in [-0.15, -0.1) is 24.0 Å². The second-order valence-electron chi connectivity index (χ2n) is 4.35. The zero-order valence-electron chi connectivity index (χ0n) is 12.5. The Morgan fingerprint density at radius 2 is 2.25 bits per heavy atom. The van der Waals surface area contributed by atoms with Gasteiger partial charge in [-0.1, -0.05) is 11.6 Å². The summed E-state index contributed by atoms with van der Waals surface area (Å²) < 4.78 is 7.04. The number of hydrogen-bond acceptors (Lipinski definition) is 2. The van der Waals surface area contributed by atoms with E-state index in [-0.39, 0.29) is 24.0 Å². The first-order valence-electron chi connectivity index (χ1n) is 6.37. The molecule has 0 bridgehead atoms. The molecule has 0 radical (unpaired) electrons. The Bertz CT molecular complexity index is 423. The number of guanidine groups is 1. The van der Waals surface area contributed by atoms with Gasteiger partial charge in [0.25, 0.3) is 0 Å². The maximum absolute atomic E-state index is 5.99. The molecular formula is C13H24ClIN4O. The lowest BCUT2D eigenvalue weighted by atomic mass is 10.4. The summed E-state index contributed by atoms with van der Waals surface area (Å²) in [4.78, 5) is 6.57. The van der Waals surface area contributed by atoms with Crippen molar-refractivity contribution in [2.24, 2.45) is 12.0 Å². The molecule has 1 aromatic heterocycles. The van der Waals surface area contributed by atoms with Gasteiger partial charge in [-0.2, -0.15) is 0 Å². The van der Waals surface area contributed by atoms with Crippen molar-refractivity contribution in [3.63, 3.8) is 0 Å². The summed E-state index contributed by atoms with van der Waals surface area (Å²) in [5, 5.41) is 4.02. The third kappa shape index (κ3) is 6.32. The molecule has 0 spiro atoms. The average molecular weight is 415 g/mol. The van der Waals surface area contributed by atoms with Gasteiger partial charge in [0.15, 0.2) is 5.96 Å². The fraction of sp³-hybridized carbons (Fsp3) is 0.615. The standard InChI is InChI=1S/C13H23ClN4O.HI/c1-5-15-13(16-6-7-19-4)18(3)10-12-8-11(14)9-17(12)2;/h8-9H,5-7,10H2,1-4H3,(H,15,16);1H. The van der Waals surface area contributed by atoms with Crippen LogP contribution in [0.2, 0.25) is 5.02 Å². The third-order valence-electron chi connectivity index (χ3n) is 2.73. The third-order valence-corrected chi connectivity index (χ3v) is 2.93. The van der Waals surface area contributed by atoms with Crippen LogP contribution in [0.25, 0.3) is 0 Å². The number of aliphatic imine (C=N–C) groups is 1. The van der Waals surface area contributed by atoms with Gasteiger partial charge in [0.05, 0.1) is 24.7 Å². The molecule has 0 aliphatic rings. The largest absolute Gasteiger partial charge is 0.383 e. The summed E-state index contributed by atoms with van der Waals surface area (Å²) >= 11 is 5.99. The molecular weight excluding hydrogens is 391 g/mol. The van der Waals surface area contributed by atoms with E-state index in [0.717, 1.165) is 29.8 Å². The SMILES string of the molecule is CCNC(=NCCOC)N(C)Cc1cc(Cl)cn1C.I.